The van der Waals surface area contributed by atoms with Crippen molar-refractivity contribution in [1.29, 1.82) is 0 Å². The van der Waals surface area contributed by atoms with Gasteiger partial charge < -0.3 is 10.1 Å². The molecule has 1 aliphatic rings. The van der Waals surface area contributed by atoms with Gasteiger partial charge in [-0.2, -0.15) is 4.31 Å². The van der Waals surface area contributed by atoms with Gasteiger partial charge in [0.2, 0.25) is 16.0 Å². The molecule has 3 rings (SSSR count). The topological polar surface area (TPSA) is 88.8 Å². The summed E-state index contributed by atoms with van der Waals surface area (Å²) < 4.78 is 34.0. The van der Waals surface area contributed by atoms with Gasteiger partial charge in [0.25, 0.3) is 0 Å². The normalized spacial score (nSPS) is 18.5. The maximum Gasteiger partial charge on any atom is 0.244 e. The van der Waals surface area contributed by atoms with E-state index in [0.717, 1.165) is 19.4 Å². The monoisotopic (exact) mass is 353 g/mol. The van der Waals surface area contributed by atoms with E-state index in [1.807, 2.05) is 13.8 Å². The fourth-order valence-electron chi connectivity index (χ4n) is 2.87. The first-order valence-corrected chi connectivity index (χ1v) is 9.70. The van der Waals surface area contributed by atoms with Crippen molar-refractivity contribution in [2.75, 3.05) is 31.6 Å². The Labute approximate surface area is 141 Å². The van der Waals surface area contributed by atoms with Crippen LogP contribution in [0.2, 0.25) is 0 Å². The number of hydrogen-bond acceptors (Lipinski definition) is 6. The van der Waals surface area contributed by atoms with Crippen molar-refractivity contribution < 1.29 is 13.2 Å². The predicted octanol–water partition coefficient (Wildman–Crippen LogP) is 1.35. The number of pyridine rings is 1. The smallest absolute Gasteiger partial charge is 0.244 e. The lowest BCUT2D eigenvalue weighted by molar-refractivity contribution is 0.120. The molecule has 8 nitrogen and oxygen atoms in total. The molecule has 0 radical (unpaired) electrons. The van der Waals surface area contributed by atoms with E-state index in [4.69, 9.17) is 4.74 Å². The van der Waals surface area contributed by atoms with Crippen LogP contribution in [0.5, 0.6) is 0 Å². The zero-order chi connectivity index (χ0) is 17.2. The lowest BCUT2D eigenvalue weighted by Crippen LogP contribution is -2.30. The molecular formula is C15H23N5O3S. The predicted molar refractivity (Wildman–Crippen MR) is 90.6 cm³/mol. The summed E-state index contributed by atoms with van der Waals surface area (Å²) in [6.45, 7) is 5.94. The van der Waals surface area contributed by atoms with Crippen LogP contribution in [0.15, 0.2) is 23.2 Å². The molecule has 2 aromatic rings. The lowest BCUT2D eigenvalue weighted by atomic mass is 10.2. The first-order chi connectivity index (χ1) is 11.6. The van der Waals surface area contributed by atoms with E-state index < -0.39 is 10.0 Å². The largest absolute Gasteiger partial charge is 0.376 e. The molecule has 132 valence electrons. The molecule has 0 aromatic carbocycles. The third kappa shape index (κ3) is 3.24. The third-order valence-corrected chi connectivity index (χ3v) is 6.26. The van der Waals surface area contributed by atoms with Gasteiger partial charge in [-0.3, -0.25) is 4.40 Å². The number of sulfonamides is 1. The number of aromatic nitrogens is 3. The lowest BCUT2D eigenvalue weighted by Gasteiger charge is -2.18. The van der Waals surface area contributed by atoms with Gasteiger partial charge in [-0.05, 0) is 25.0 Å². The van der Waals surface area contributed by atoms with Crippen LogP contribution < -0.4 is 5.32 Å². The summed E-state index contributed by atoms with van der Waals surface area (Å²) in [6.07, 6.45) is 3.82. The highest BCUT2D eigenvalue weighted by atomic mass is 32.2. The quantitative estimate of drug-likeness (QED) is 0.808. The first-order valence-electron chi connectivity index (χ1n) is 8.26. The third-order valence-electron chi connectivity index (χ3n) is 4.23. The van der Waals surface area contributed by atoms with Gasteiger partial charge in [0, 0.05) is 32.4 Å². The Balaban J connectivity index is 1.87. The van der Waals surface area contributed by atoms with Crippen LogP contribution in [0.3, 0.4) is 0 Å². The minimum absolute atomic E-state index is 0.167. The summed E-state index contributed by atoms with van der Waals surface area (Å²) in [7, 11) is -3.51. The average molecular weight is 353 g/mol. The molecule has 24 heavy (non-hydrogen) atoms. The van der Waals surface area contributed by atoms with E-state index in [2.05, 4.69) is 15.5 Å². The Hall–Kier alpha value is -1.71. The van der Waals surface area contributed by atoms with Crippen molar-refractivity contribution in [3.8, 4) is 0 Å². The maximum absolute atomic E-state index is 12.7. The number of rotatable bonds is 7. The Morgan fingerprint density at radius 2 is 2.12 bits per heavy atom. The second-order valence-electron chi connectivity index (χ2n) is 5.72. The van der Waals surface area contributed by atoms with Crippen LogP contribution in [-0.4, -0.2) is 59.7 Å². The van der Waals surface area contributed by atoms with Gasteiger partial charge in [-0.25, -0.2) is 8.42 Å². The Morgan fingerprint density at radius 1 is 1.33 bits per heavy atom. The van der Waals surface area contributed by atoms with Crippen LogP contribution >= 0.6 is 0 Å². The maximum atomic E-state index is 12.7. The molecule has 0 spiro atoms. The molecule has 1 aliphatic heterocycles. The van der Waals surface area contributed by atoms with Gasteiger partial charge in [-0.1, -0.05) is 13.8 Å². The van der Waals surface area contributed by atoms with Gasteiger partial charge in [0.15, 0.2) is 5.65 Å². The average Bonchev–Trinajstić information content (AvgIpc) is 3.22. The minimum atomic E-state index is -3.51. The van der Waals surface area contributed by atoms with Crippen LogP contribution in [0.4, 0.5) is 5.95 Å². The van der Waals surface area contributed by atoms with Crippen molar-refractivity contribution in [2.45, 2.75) is 37.7 Å². The summed E-state index contributed by atoms with van der Waals surface area (Å²) in [6, 6.07) is 3.24. The second-order valence-corrected chi connectivity index (χ2v) is 7.66. The second kappa shape index (κ2) is 7.04. The highest BCUT2D eigenvalue weighted by Crippen LogP contribution is 2.19. The number of fused-ring (bicyclic) bond motifs is 1. The number of anilines is 1. The van der Waals surface area contributed by atoms with E-state index in [9.17, 15) is 8.42 Å². The van der Waals surface area contributed by atoms with Crippen molar-refractivity contribution in [3.05, 3.63) is 18.3 Å². The van der Waals surface area contributed by atoms with E-state index in [0.29, 0.717) is 31.2 Å². The van der Waals surface area contributed by atoms with Gasteiger partial charge >= 0.3 is 0 Å². The van der Waals surface area contributed by atoms with E-state index >= 15 is 0 Å². The molecule has 9 heteroatoms. The van der Waals surface area contributed by atoms with Crippen molar-refractivity contribution >= 4 is 21.6 Å². The fraction of sp³-hybridized carbons (Fsp3) is 0.600. The number of hydrogen-bond donors (Lipinski definition) is 1. The summed E-state index contributed by atoms with van der Waals surface area (Å²) in [5, 5.41) is 11.4. The zero-order valence-corrected chi connectivity index (χ0v) is 14.8. The van der Waals surface area contributed by atoms with E-state index in [1.165, 1.54) is 4.31 Å². The van der Waals surface area contributed by atoms with Crippen LogP contribution in [-0.2, 0) is 14.8 Å². The van der Waals surface area contributed by atoms with Crippen LogP contribution in [0.1, 0.15) is 26.7 Å². The molecule has 1 N–H and O–H groups in total. The van der Waals surface area contributed by atoms with E-state index in [-0.39, 0.29) is 11.0 Å². The standard InChI is InChI=1S/C15H23N5O3S/c1-3-19(4-2)24(21,22)13-7-8-14-17-18-15(20(14)11-13)16-10-12-6-5-9-23-12/h7-8,11-12H,3-6,9-10H2,1-2H3,(H,16,18). The molecule has 1 unspecified atom stereocenters. The summed E-state index contributed by atoms with van der Waals surface area (Å²) in [4.78, 5) is 0.235. The number of nitrogens with one attached hydrogen (secondary N) is 1. The summed E-state index contributed by atoms with van der Waals surface area (Å²) >= 11 is 0. The minimum Gasteiger partial charge on any atom is -0.376 e. The van der Waals surface area contributed by atoms with Crippen LogP contribution in [0, 0.1) is 0 Å². The molecule has 1 saturated heterocycles. The van der Waals surface area contributed by atoms with E-state index in [1.54, 1.807) is 22.7 Å². The SMILES string of the molecule is CCN(CC)S(=O)(=O)c1ccc2nnc(NCC3CCCO3)n2c1. The molecule has 2 aromatic heterocycles. The molecule has 0 aliphatic carbocycles. The highest BCUT2D eigenvalue weighted by molar-refractivity contribution is 7.89. The Kier molecular flexibility index (Phi) is 5.02. The first kappa shape index (κ1) is 17.1. The Morgan fingerprint density at radius 3 is 2.79 bits per heavy atom. The Bertz CT molecular complexity index is 795. The molecule has 0 bridgehead atoms. The van der Waals surface area contributed by atoms with Gasteiger partial charge in [0.05, 0.1) is 11.0 Å². The fourth-order valence-corrected chi connectivity index (χ4v) is 4.32. The van der Waals surface area contributed by atoms with Gasteiger partial charge in [0.1, 0.15) is 0 Å². The van der Waals surface area contributed by atoms with Gasteiger partial charge in [-0.15, -0.1) is 10.2 Å². The zero-order valence-electron chi connectivity index (χ0n) is 14.0. The molecule has 3 heterocycles. The highest BCUT2D eigenvalue weighted by Gasteiger charge is 2.23. The molecule has 0 amide bonds. The summed E-state index contributed by atoms with van der Waals surface area (Å²) in [5.41, 5.74) is 0.600. The number of ether oxygens (including phenoxy) is 1. The number of nitrogens with zero attached hydrogens (tertiary/aromatic N) is 4. The molecule has 1 atom stereocenters. The van der Waals surface area contributed by atoms with Crippen LogP contribution in [0.25, 0.3) is 5.65 Å². The van der Waals surface area contributed by atoms with Crippen molar-refractivity contribution in [3.63, 3.8) is 0 Å². The van der Waals surface area contributed by atoms with Crippen molar-refractivity contribution in [1.82, 2.24) is 18.9 Å². The molecule has 1 fully saturated rings. The summed E-state index contributed by atoms with van der Waals surface area (Å²) in [5.74, 6) is 0.525. The molecular weight excluding hydrogens is 330 g/mol. The molecule has 0 saturated carbocycles. The van der Waals surface area contributed by atoms with Crippen molar-refractivity contribution in [2.24, 2.45) is 0 Å².